The van der Waals surface area contributed by atoms with E-state index >= 15 is 0 Å². The van der Waals surface area contributed by atoms with Gasteiger partial charge >= 0.3 is 0 Å². The van der Waals surface area contributed by atoms with Gasteiger partial charge in [-0.3, -0.25) is 0 Å². The highest BCUT2D eigenvalue weighted by Gasteiger charge is 2.13. The van der Waals surface area contributed by atoms with Gasteiger partial charge in [-0.15, -0.1) is 11.3 Å². The molecule has 0 saturated carbocycles. The van der Waals surface area contributed by atoms with E-state index in [1.807, 2.05) is 37.3 Å². The number of aryl methyl sites for hydroxylation is 1. The van der Waals surface area contributed by atoms with Crippen LogP contribution in [0.15, 0.2) is 34.1 Å². The minimum atomic E-state index is -0.602. The zero-order valence-electron chi connectivity index (χ0n) is 8.58. The van der Waals surface area contributed by atoms with Crippen molar-refractivity contribution in [3.8, 4) is 0 Å². The largest absolute Gasteiger partial charge is 0.383 e. The van der Waals surface area contributed by atoms with Crippen LogP contribution in [0.25, 0.3) is 0 Å². The van der Waals surface area contributed by atoms with Crippen molar-refractivity contribution in [2.24, 2.45) is 0 Å². The first-order chi connectivity index (χ1) is 7.58. The van der Waals surface area contributed by atoms with Crippen LogP contribution in [0.5, 0.6) is 0 Å². The fourth-order valence-corrected chi connectivity index (χ4v) is 3.05. The molecule has 0 fully saturated rings. The molecule has 1 aromatic heterocycles. The maximum absolute atomic E-state index is 10.2. The van der Waals surface area contributed by atoms with Gasteiger partial charge in [-0.1, -0.05) is 23.7 Å². The van der Waals surface area contributed by atoms with Crippen molar-refractivity contribution in [3.63, 3.8) is 0 Å². The summed E-state index contributed by atoms with van der Waals surface area (Å²) in [6.45, 7) is 1.94. The molecule has 0 radical (unpaired) electrons. The third-order valence-electron chi connectivity index (χ3n) is 2.38. The Morgan fingerprint density at radius 3 is 2.62 bits per heavy atom. The topological polar surface area (TPSA) is 20.2 Å². The molecule has 0 amide bonds. The van der Waals surface area contributed by atoms with Gasteiger partial charge in [-0.25, -0.2) is 0 Å². The Labute approximate surface area is 112 Å². The number of aliphatic hydroxyl groups is 1. The molecule has 2 rings (SSSR count). The zero-order valence-corrected chi connectivity index (χ0v) is 11.7. The lowest BCUT2D eigenvalue weighted by Crippen LogP contribution is -1.97. The van der Waals surface area contributed by atoms with Crippen LogP contribution in [0.2, 0.25) is 5.02 Å². The first kappa shape index (κ1) is 12.1. The van der Waals surface area contributed by atoms with Crippen LogP contribution in [0.4, 0.5) is 0 Å². The summed E-state index contributed by atoms with van der Waals surface area (Å²) in [6.07, 6.45) is -0.602. The van der Waals surface area contributed by atoms with E-state index in [0.717, 1.165) is 19.8 Å². The van der Waals surface area contributed by atoms with Gasteiger partial charge in [-0.2, -0.15) is 0 Å². The molecule has 0 aliphatic rings. The Kier molecular flexibility index (Phi) is 3.70. The molecule has 0 bridgehead atoms. The lowest BCUT2D eigenvalue weighted by atomic mass is 10.1. The molecule has 16 heavy (non-hydrogen) atoms. The van der Waals surface area contributed by atoms with Gasteiger partial charge in [0, 0.05) is 9.90 Å². The zero-order chi connectivity index (χ0) is 11.7. The highest BCUT2D eigenvalue weighted by atomic mass is 79.9. The second-order valence-electron chi connectivity index (χ2n) is 3.55. The molecule has 0 saturated heterocycles. The van der Waals surface area contributed by atoms with Gasteiger partial charge < -0.3 is 5.11 Å². The Hall–Kier alpha value is -0.350. The Balaban J connectivity index is 2.33. The summed E-state index contributed by atoms with van der Waals surface area (Å²) >= 11 is 10.9. The first-order valence-electron chi connectivity index (χ1n) is 4.77. The molecule has 0 aliphatic heterocycles. The van der Waals surface area contributed by atoms with Crippen LogP contribution < -0.4 is 0 Å². The summed E-state index contributed by atoms with van der Waals surface area (Å²) in [4.78, 5) is 0.909. The minimum absolute atomic E-state index is 0.602. The third kappa shape index (κ3) is 2.48. The molecule has 1 aromatic carbocycles. The molecule has 4 heteroatoms. The van der Waals surface area contributed by atoms with Crippen LogP contribution in [-0.4, -0.2) is 5.11 Å². The van der Waals surface area contributed by atoms with E-state index in [9.17, 15) is 5.11 Å². The Morgan fingerprint density at radius 1 is 1.31 bits per heavy atom. The maximum atomic E-state index is 10.2. The molecule has 0 spiro atoms. The molecular weight excluding hydrogens is 308 g/mol. The van der Waals surface area contributed by atoms with Gasteiger partial charge in [0.1, 0.15) is 6.10 Å². The Bertz CT molecular complexity index is 509. The van der Waals surface area contributed by atoms with Gasteiger partial charge in [-0.05, 0) is 52.2 Å². The fourth-order valence-electron chi connectivity index (χ4n) is 1.42. The van der Waals surface area contributed by atoms with Crippen molar-refractivity contribution in [1.82, 2.24) is 0 Å². The molecular formula is C12H10BrClOS. The smallest absolute Gasteiger partial charge is 0.113 e. The van der Waals surface area contributed by atoms with E-state index in [0.29, 0.717) is 5.02 Å². The van der Waals surface area contributed by atoms with Crippen molar-refractivity contribution < 1.29 is 5.11 Å². The Morgan fingerprint density at radius 2 is 2.06 bits per heavy atom. The molecule has 1 unspecified atom stereocenters. The third-order valence-corrected chi connectivity index (χ3v) is 4.46. The van der Waals surface area contributed by atoms with Crippen LogP contribution >= 0.6 is 38.9 Å². The molecule has 2 aromatic rings. The summed E-state index contributed by atoms with van der Waals surface area (Å²) < 4.78 is 1.01. The van der Waals surface area contributed by atoms with Gasteiger partial charge in [0.05, 0.1) is 3.79 Å². The highest BCUT2D eigenvalue weighted by Crippen LogP contribution is 2.32. The molecule has 1 heterocycles. The van der Waals surface area contributed by atoms with E-state index in [-0.39, 0.29) is 0 Å². The molecule has 1 N–H and O–H groups in total. The number of thiophene rings is 1. The van der Waals surface area contributed by atoms with Crippen molar-refractivity contribution in [2.75, 3.05) is 0 Å². The summed E-state index contributed by atoms with van der Waals surface area (Å²) in [5.74, 6) is 0. The summed E-state index contributed by atoms with van der Waals surface area (Å²) in [6, 6.07) is 9.48. The van der Waals surface area contributed by atoms with Crippen molar-refractivity contribution in [2.45, 2.75) is 13.0 Å². The van der Waals surface area contributed by atoms with Crippen molar-refractivity contribution >= 4 is 38.9 Å². The summed E-state index contributed by atoms with van der Waals surface area (Å²) in [5.41, 5.74) is 1.84. The molecule has 1 nitrogen and oxygen atoms in total. The van der Waals surface area contributed by atoms with E-state index in [1.165, 1.54) is 11.3 Å². The van der Waals surface area contributed by atoms with Gasteiger partial charge in [0.2, 0.25) is 0 Å². The van der Waals surface area contributed by atoms with E-state index in [4.69, 9.17) is 11.6 Å². The normalized spacial score (nSPS) is 12.8. The number of rotatable bonds is 2. The number of aliphatic hydroxyl groups excluding tert-OH is 1. The predicted molar refractivity (Wildman–Crippen MR) is 72.3 cm³/mol. The average molecular weight is 318 g/mol. The monoisotopic (exact) mass is 316 g/mol. The first-order valence-corrected chi connectivity index (χ1v) is 6.76. The number of hydrogen-bond acceptors (Lipinski definition) is 2. The summed E-state index contributed by atoms with van der Waals surface area (Å²) in [7, 11) is 0. The predicted octanol–water partition coefficient (Wildman–Crippen LogP) is 4.55. The second kappa shape index (κ2) is 4.88. The number of benzene rings is 1. The van der Waals surface area contributed by atoms with Crippen LogP contribution in [0.3, 0.4) is 0 Å². The molecule has 84 valence electrons. The quantitative estimate of drug-likeness (QED) is 0.861. The van der Waals surface area contributed by atoms with E-state index < -0.39 is 6.10 Å². The van der Waals surface area contributed by atoms with Gasteiger partial charge in [0.25, 0.3) is 0 Å². The molecule has 0 aliphatic carbocycles. The SMILES string of the molecule is Cc1ccc(C(O)c2ccc(Br)s2)cc1Cl. The lowest BCUT2D eigenvalue weighted by Gasteiger charge is -2.10. The van der Waals surface area contributed by atoms with Crippen LogP contribution in [0.1, 0.15) is 22.1 Å². The van der Waals surface area contributed by atoms with Crippen molar-refractivity contribution in [3.05, 3.63) is 55.1 Å². The van der Waals surface area contributed by atoms with Crippen LogP contribution in [-0.2, 0) is 0 Å². The van der Waals surface area contributed by atoms with Crippen LogP contribution in [0, 0.1) is 6.92 Å². The van der Waals surface area contributed by atoms with Gasteiger partial charge in [0.15, 0.2) is 0 Å². The summed E-state index contributed by atoms with van der Waals surface area (Å²) in [5, 5.41) is 10.8. The molecule has 1 atom stereocenters. The highest BCUT2D eigenvalue weighted by molar-refractivity contribution is 9.11. The second-order valence-corrected chi connectivity index (χ2v) is 6.45. The number of halogens is 2. The van der Waals surface area contributed by atoms with E-state index in [2.05, 4.69) is 15.9 Å². The van der Waals surface area contributed by atoms with E-state index in [1.54, 1.807) is 0 Å². The lowest BCUT2D eigenvalue weighted by molar-refractivity contribution is 0.224. The fraction of sp³-hybridized carbons (Fsp3) is 0.167. The standard InChI is InChI=1S/C12H10BrClOS/c1-7-2-3-8(6-9(7)14)12(15)10-4-5-11(13)16-10/h2-6,12,15H,1H3. The van der Waals surface area contributed by atoms with Crippen molar-refractivity contribution in [1.29, 1.82) is 0 Å². The minimum Gasteiger partial charge on any atom is -0.383 e. The average Bonchev–Trinajstić information content (AvgIpc) is 2.68. The maximum Gasteiger partial charge on any atom is 0.113 e. The number of hydrogen-bond donors (Lipinski definition) is 1.